The number of aryl methyl sites for hydroxylation is 1. The number of sulfonamides is 1. The summed E-state index contributed by atoms with van der Waals surface area (Å²) in [6, 6.07) is 19.5. The number of nitrogens with zero attached hydrogens (tertiary/aromatic N) is 1. The quantitative estimate of drug-likeness (QED) is 0.573. The smallest absolute Gasteiger partial charge is 0.234 e. The number of benzene rings is 2. The lowest BCUT2D eigenvalue weighted by Gasteiger charge is -2.10. The number of pyridine rings is 1. The zero-order valence-electron chi connectivity index (χ0n) is 15.3. The van der Waals surface area contributed by atoms with E-state index in [-0.39, 0.29) is 17.4 Å². The van der Waals surface area contributed by atoms with Crippen LogP contribution in [0.2, 0.25) is 0 Å². The van der Waals surface area contributed by atoms with Crippen molar-refractivity contribution in [2.24, 2.45) is 0 Å². The molecule has 0 radical (unpaired) electrons. The van der Waals surface area contributed by atoms with Crippen molar-refractivity contribution in [3.63, 3.8) is 0 Å². The van der Waals surface area contributed by atoms with Gasteiger partial charge in [0, 0.05) is 6.54 Å². The molecule has 2 aromatic carbocycles. The van der Waals surface area contributed by atoms with Crippen molar-refractivity contribution >= 4 is 21.5 Å². The lowest BCUT2D eigenvalue weighted by Crippen LogP contribution is -2.19. The number of hydrogen-bond donors (Lipinski definition) is 2. The molecule has 7 heteroatoms. The first kappa shape index (κ1) is 19.8. The first-order chi connectivity index (χ1) is 13.5. The van der Waals surface area contributed by atoms with E-state index in [1.807, 2.05) is 30.3 Å². The Hall–Kier alpha value is -2.93. The molecule has 3 rings (SSSR count). The van der Waals surface area contributed by atoms with Crippen molar-refractivity contribution in [2.75, 3.05) is 22.3 Å². The Morgan fingerprint density at radius 3 is 2.36 bits per heavy atom. The van der Waals surface area contributed by atoms with Crippen LogP contribution in [0.5, 0.6) is 0 Å². The van der Waals surface area contributed by atoms with Crippen LogP contribution in [0.1, 0.15) is 11.1 Å². The van der Waals surface area contributed by atoms with Crippen LogP contribution in [0.3, 0.4) is 0 Å². The fourth-order valence-electron chi connectivity index (χ4n) is 2.71. The van der Waals surface area contributed by atoms with Gasteiger partial charge in [-0.15, -0.1) is 0 Å². The van der Waals surface area contributed by atoms with E-state index in [9.17, 15) is 12.8 Å². The Balaban J connectivity index is 1.49. The highest BCUT2D eigenvalue weighted by molar-refractivity contribution is 7.92. The summed E-state index contributed by atoms with van der Waals surface area (Å²) in [5.74, 6) is 0.0387. The summed E-state index contributed by atoms with van der Waals surface area (Å²) in [5.41, 5.74) is 2.35. The van der Waals surface area contributed by atoms with Crippen LogP contribution in [-0.4, -0.2) is 25.7 Å². The number of hydrogen-bond acceptors (Lipinski definition) is 4. The van der Waals surface area contributed by atoms with Crippen LogP contribution in [0.15, 0.2) is 72.9 Å². The zero-order valence-corrected chi connectivity index (χ0v) is 16.1. The Kier molecular flexibility index (Phi) is 6.60. The highest BCUT2D eigenvalue weighted by Crippen LogP contribution is 2.13. The highest BCUT2D eigenvalue weighted by atomic mass is 32.2. The first-order valence-electron chi connectivity index (χ1n) is 8.99. The largest absolute Gasteiger partial charge is 0.383 e. The van der Waals surface area contributed by atoms with Crippen LogP contribution < -0.4 is 10.0 Å². The van der Waals surface area contributed by atoms with E-state index < -0.39 is 10.0 Å². The van der Waals surface area contributed by atoms with Gasteiger partial charge < -0.3 is 5.32 Å². The summed E-state index contributed by atoms with van der Waals surface area (Å²) in [6.45, 7) is 0.546. The van der Waals surface area contributed by atoms with E-state index in [0.717, 1.165) is 11.3 Å². The molecule has 2 N–H and O–H groups in total. The number of anilines is 2. The van der Waals surface area contributed by atoms with Crippen LogP contribution in [0.4, 0.5) is 15.9 Å². The molecule has 0 saturated carbocycles. The number of aromatic nitrogens is 1. The van der Waals surface area contributed by atoms with E-state index in [2.05, 4.69) is 15.0 Å². The van der Waals surface area contributed by atoms with Gasteiger partial charge in [0.05, 0.1) is 17.6 Å². The average Bonchev–Trinajstić information content (AvgIpc) is 2.70. The van der Waals surface area contributed by atoms with Gasteiger partial charge in [-0.2, -0.15) is 0 Å². The van der Waals surface area contributed by atoms with Gasteiger partial charge in [0.2, 0.25) is 10.0 Å². The number of rotatable bonds is 9. The third kappa shape index (κ3) is 6.06. The van der Waals surface area contributed by atoms with Crippen molar-refractivity contribution in [1.29, 1.82) is 0 Å². The predicted molar refractivity (Wildman–Crippen MR) is 110 cm³/mol. The Morgan fingerprint density at radius 2 is 1.64 bits per heavy atom. The third-order valence-corrected chi connectivity index (χ3v) is 5.47. The molecule has 0 unspecified atom stereocenters. The molecule has 0 atom stereocenters. The molecule has 1 heterocycles. The van der Waals surface area contributed by atoms with E-state index in [4.69, 9.17) is 0 Å². The molecule has 0 aliphatic heterocycles. The molecule has 0 saturated heterocycles. The summed E-state index contributed by atoms with van der Waals surface area (Å²) >= 11 is 0. The van der Waals surface area contributed by atoms with Crippen LogP contribution in [-0.2, 0) is 22.9 Å². The van der Waals surface area contributed by atoms with Crippen LogP contribution in [0.25, 0.3) is 0 Å². The van der Waals surface area contributed by atoms with Gasteiger partial charge in [0.1, 0.15) is 11.6 Å². The van der Waals surface area contributed by atoms with Crippen LogP contribution >= 0.6 is 0 Å². The van der Waals surface area contributed by atoms with E-state index >= 15 is 0 Å². The SMILES string of the molecule is O=S(=O)(CCc1ccccc1)Nc1ccc(NCCc2ccccc2F)cn1. The second-order valence-electron chi connectivity index (χ2n) is 6.36. The third-order valence-electron chi connectivity index (χ3n) is 4.21. The van der Waals surface area contributed by atoms with Gasteiger partial charge in [-0.3, -0.25) is 4.72 Å². The fourth-order valence-corrected chi connectivity index (χ4v) is 3.75. The minimum Gasteiger partial charge on any atom is -0.383 e. The van der Waals surface area contributed by atoms with Gasteiger partial charge in [-0.25, -0.2) is 17.8 Å². The monoisotopic (exact) mass is 399 g/mol. The van der Waals surface area contributed by atoms with Gasteiger partial charge in [0.15, 0.2) is 0 Å². The second kappa shape index (κ2) is 9.32. The van der Waals surface area contributed by atoms with Crippen molar-refractivity contribution in [1.82, 2.24) is 4.98 Å². The lowest BCUT2D eigenvalue weighted by molar-refractivity contribution is 0.600. The molecule has 0 spiro atoms. The Labute approximate surface area is 164 Å². The molecule has 0 aliphatic carbocycles. The first-order valence-corrected chi connectivity index (χ1v) is 10.6. The van der Waals surface area contributed by atoms with Gasteiger partial charge in [-0.1, -0.05) is 48.5 Å². The molecule has 0 fully saturated rings. The Morgan fingerprint density at radius 1 is 0.893 bits per heavy atom. The topological polar surface area (TPSA) is 71.1 Å². The van der Waals surface area contributed by atoms with Gasteiger partial charge >= 0.3 is 0 Å². The summed E-state index contributed by atoms with van der Waals surface area (Å²) in [4.78, 5) is 4.14. The standard InChI is InChI=1S/C21H22FN3O2S/c22-20-9-5-4-8-18(20)12-14-23-19-10-11-21(24-16-19)25-28(26,27)15-13-17-6-2-1-3-7-17/h1-11,16,23H,12-15H2,(H,24,25). The van der Waals surface area contributed by atoms with Crippen molar-refractivity contribution in [3.05, 3.63) is 89.9 Å². The lowest BCUT2D eigenvalue weighted by atomic mass is 10.1. The average molecular weight is 399 g/mol. The number of halogens is 1. The second-order valence-corrected chi connectivity index (χ2v) is 8.20. The van der Waals surface area contributed by atoms with E-state index in [1.165, 1.54) is 6.07 Å². The highest BCUT2D eigenvalue weighted by Gasteiger charge is 2.11. The normalized spacial score (nSPS) is 11.2. The van der Waals surface area contributed by atoms with Crippen LogP contribution in [0, 0.1) is 5.82 Å². The molecular formula is C21H22FN3O2S. The van der Waals surface area contributed by atoms with Gasteiger partial charge in [-0.05, 0) is 42.2 Å². The van der Waals surface area contributed by atoms with Crippen molar-refractivity contribution in [3.8, 4) is 0 Å². The Bertz CT molecular complexity index is 994. The predicted octanol–water partition coefficient (Wildman–Crippen LogP) is 3.86. The van der Waals surface area contributed by atoms with E-state index in [0.29, 0.717) is 24.9 Å². The molecular weight excluding hydrogens is 377 g/mol. The number of nitrogens with one attached hydrogen (secondary N) is 2. The summed E-state index contributed by atoms with van der Waals surface area (Å²) in [6.07, 6.45) is 2.53. The summed E-state index contributed by atoms with van der Waals surface area (Å²) < 4.78 is 40.5. The molecule has 28 heavy (non-hydrogen) atoms. The molecule has 1 aromatic heterocycles. The summed E-state index contributed by atoms with van der Waals surface area (Å²) in [5, 5.41) is 3.15. The van der Waals surface area contributed by atoms with E-state index in [1.54, 1.807) is 36.5 Å². The molecule has 3 aromatic rings. The van der Waals surface area contributed by atoms with Gasteiger partial charge in [0.25, 0.3) is 0 Å². The molecule has 0 bridgehead atoms. The maximum absolute atomic E-state index is 13.6. The molecule has 0 aliphatic rings. The maximum Gasteiger partial charge on any atom is 0.234 e. The molecule has 0 amide bonds. The maximum atomic E-state index is 13.6. The molecule has 5 nitrogen and oxygen atoms in total. The van der Waals surface area contributed by atoms with Crippen molar-refractivity contribution in [2.45, 2.75) is 12.8 Å². The summed E-state index contributed by atoms with van der Waals surface area (Å²) in [7, 11) is -3.48. The zero-order chi connectivity index (χ0) is 19.8. The van der Waals surface area contributed by atoms with Crippen molar-refractivity contribution < 1.29 is 12.8 Å². The minimum absolute atomic E-state index is 0.0126. The fraction of sp³-hybridized carbons (Fsp3) is 0.190. The minimum atomic E-state index is -3.48. The molecule has 146 valence electrons.